The van der Waals surface area contributed by atoms with Gasteiger partial charge in [0.15, 0.2) is 5.29 Å². The van der Waals surface area contributed by atoms with Crippen molar-refractivity contribution in [2.24, 2.45) is 4.99 Å². The van der Waals surface area contributed by atoms with Crippen LogP contribution >= 0.6 is 11.6 Å². The number of aliphatic imine (C=N–C) groups is 1. The molecule has 2 atom stereocenters. The molecule has 0 aromatic heterocycles. The van der Waals surface area contributed by atoms with E-state index in [0.717, 1.165) is 6.54 Å². The molecule has 3 rings (SSSR count). The van der Waals surface area contributed by atoms with Crippen molar-refractivity contribution in [2.75, 3.05) is 0 Å². The lowest BCUT2D eigenvalue weighted by atomic mass is 9.91. The molecule has 90 valence electrons. The summed E-state index contributed by atoms with van der Waals surface area (Å²) in [5.41, 5.74) is 1.31. The molecule has 1 saturated carbocycles. The van der Waals surface area contributed by atoms with Crippen LogP contribution in [0.25, 0.3) is 0 Å². The predicted octanol–water partition coefficient (Wildman–Crippen LogP) is 3.41. The Balaban J connectivity index is 1.76. The van der Waals surface area contributed by atoms with Gasteiger partial charge in [-0.05, 0) is 30.0 Å². The predicted molar refractivity (Wildman–Crippen MR) is 71.3 cm³/mol. The summed E-state index contributed by atoms with van der Waals surface area (Å²) in [4.78, 5) is 6.87. The molecule has 1 heterocycles. The van der Waals surface area contributed by atoms with Crippen molar-refractivity contribution in [3.63, 3.8) is 0 Å². The van der Waals surface area contributed by atoms with E-state index in [-0.39, 0.29) is 0 Å². The fourth-order valence-corrected chi connectivity index (χ4v) is 3.23. The minimum atomic E-state index is 0.444. The van der Waals surface area contributed by atoms with Crippen molar-refractivity contribution < 1.29 is 0 Å². The number of hydrogen-bond donors (Lipinski definition) is 0. The Labute approximate surface area is 107 Å². The van der Waals surface area contributed by atoms with E-state index in [1.54, 1.807) is 0 Å². The Morgan fingerprint density at radius 2 is 1.94 bits per heavy atom. The maximum absolute atomic E-state index is 6.28. The number of fused-ring (bicyclic) bond motifs is 1. The lowest BCUT2D eigenvalue weighted by Gasteiger charge is -2.32. The smallest absolute Gasteiger partial charge is 0.194 e. The van der Waals surface area contributed by atoms with Gasteiger partial charge >= 0.3 is 0 Å². The number of rotatable bonds is 2. The summed E-state index contributed by atoms with van der Waals surface area (Å²) in [6, 6.07) is 11.5. The van der Waals surface area contributed by atoms with Crippen molar-refractivity contribution in [1.29, 1.82) is 0 Å². The van der Waals surface area contributed by atoms with Gasteiger partial charge in [0.05, 0.1) is 12.1 Å². The van der Waals surface area contributed by atoms with E-state index in [1.165, 1.54) is 31.2 Å². The van der Waals surface area contributed by atoms with Gasteiger partial charge in [0, 0.05) is 6.54 Å². The Morgan fingerprint density at radius 3 is 2.76 bits per heavy atom. The summed E-state index contributed by atoms with van der Waals surface area (Å²) in [7, 11) is 0. The van der Waals surface area contributed by atoms with Crippen molar-refractivity contribution in [3.05, 3.63) is 35.9 Å². The van der Waals surface area contributed by atoms with E-state index >= 15 is 0 Å². The fourth-order valence-electron chi connectivity index (χ4n) is 2.92. The molecule has 0 saturated heterocycles. The Kier molecular flexibility index (Phi) is 3.06. The van der Waals surface area contributed by atoms with Crippen molar-refractivity contribution in [2.45, 2.75) is 44.3 Å². The maximum atomic E-state index is 6.28. The molecule has 2 unspecified atom stereocenters. The van der Waals surface area contributed by atoms with E-state index in [9.17, 15) is 0 Å². The molecule has 0 radical (unpaired) electrons. The topological polar surface area (TPSA) is 15.6 Å². The maximum Gasteiger partial charge on any atom is 0.194 e. The number of amidine groups is 1. The largest absolute Gasteiger partial charge is 0.338 e. The highest BCUT2D eigenvalue weighted by atomic mass is 35.5. The third kappa shape index (κ3) is 2.19. The quantitative estimate of drug-likeness (QED) is 0.733. The van der Waals surface area contributed by atoms with Gasteiger partial charge in [-0.1, -0.05) is 43.2 Å². The van der Waals surface area contributed by atoms with Crippen LogP contribution in [-0.4, -0.2) is 22.3 Å². The molecule has 17 heavy (non-hydrogen) atoms. The number of halogens is 1. The molecule has 0 N–H and O–H groups in total. The molecule has 2 nitrogen and oxygen atoms in total. The van der Waals surface area contributed by atoms with Crippen LogP contribution in [0, 0.1) is 0 Å². The monoisotopic (exact) mass is 248 g/mol. The second-order valence-electron chi connectivity index (χ2n) is 4.93. The fraction of sp³-hybridized carbons (Fsp3) is 0.500. The van der Waals surface area contributed by atoms with E-state index in [1.807, 2.05) is 6.07 Å². The van der Waals surface area contributed by atoms with Crippen LogP contribution in [-0.2, 0) is 6.54 Å². The van der Waals surface area contributed by atoms with E-state index in [4.69, 9.17) is 11.6 Å². The van der Waals surface area contributed by atoms with Gasteiger partial charge in [-0.25, -0.2) is 0 Å². The second-order valence-corrected chi connectivity index (χ2v) is 5.27. The minimum Gasteiger partial charge on any atom is -0.338 e. The summed E-state index contributed by atoms with van der Waals surface area (Å²) >= 11 is 6.28. The third-order valence-corrected chi connectivity index (χ3v) is 4.11. The van der Waals surface area contributed by atoms with Crippen LogP contribution in [0.15, 0.2) is 35.3 Å². The summed E-state index contributed by atoms with van der Waals surface area (Å²) in [6.45, 7) is 0.893. The second kappa shape index (κ2) is 4.69. The van der Waals surface area contributed by atoms with Crippen LogP contribution in [0.4, 0.5) is 0 Å². The summed E-state index contributed by atoms with van der Waals surface area (Å²) in [5.74, 6) is 0. The normalized spacial score (nSPS) is 27.8. The lowest BCUT2D eigenvalue weighted by Crippen LogP contribution is -2.39. The van der Waals surface area contributed by atoms with Gasteiger partial charge in [-0.3, -0.25) is 4.99 Å². The first kappa shape index (κ1) is 11.1. The first-order valence-electron chi connectivity index (χ1n) is 6.38. The van der Waals surface area contributed by atoms with Gasteiger partial charge in [0.25, 0.3) is 0 Å². The zero-order chi connectivity index (χ0) is 11.7. The number of hydrogen-bond acceptors (Lipinski definition) is 2. The molecule has 1 aliphatic heterocycles. The molecule has 0 spiro atoms. The first-order chi connectivity index (χ1) is 8.34. The molecule has 0 amide bonds. The van der Waals surface area contributed by atoms with Gasteiger partial charge in [-0.2, -0.15) is 0 Å². The molecule has 0 bridgehead atoms. The summed E-state index contributed by atoms with van der Waals surface area (Å²) < 4.78 is 0. The first-order valence-corrected chi connectivity index (χ1v) is 6.76. The van der Waals surface area contributed by atoms with Crippen molar-refractivity contribution in [3.8, 4) is 0 Å². The molecular weight excluding hydrogens is 232 g/mol. The Morgan fingerprint density at radius 1 is 1.18 bits per heavy atom. The van der Waals surface area contributed by atoms with E-state index < -0.39 is 0 Å². The average molecular weight is 249 g/mol. The molecule has 1 aliphatic carbocycles. The van der Waals surface area contributed by atoms with Crippen molar-refractivity contribution in [1.82, 2.24) is 4.90 Å². The SMILES string of the molecule is ClC1=NC2CCCCC2N1Cc1ccccc1. The summed E-state index contributed by atoms with van der Waals surface area (Å²) in [5, 5.41) is 0.714. The zero-order valence-electron chi connectivity index (χ0n) is 9.85. The van der Waals surface area contributed by atoms with Crippen LogP contribution in [0.5, 0.6) is 0 Å². The van der Waals surface area contributed by atoms with Crippen LogP contribution in [0.2, 0.25) is 0 Å². The molecule has 3 heteroatoms. The van der Waals surface area contributed by atoms with E-state index in [0.29, 0.717) is 17.4 Å². The standard InChI is InChI=1S/C14H17ClN2/c15-14-16-12-8-4-5-9-13(12)17(14)10-11-6-2-1-3-7-11/h1-3,6-7,12-13H,4-5,8-10H2. The highest BCUT2D eigenvalue weighted by Gasteiger charge is 2.36. The van der Waals surface area contributed by atoms with Crippen LogP contribution < -0.4 is 0 Å². The third-order valence-electron chi connectivity index (χ3n) is 3.80. The van der Waals surface area contributed by atoms with Crippen LogP contribution in [0.1, 0.15) is 31.2 Å². The molecule has 2 aliphatic rings. The highest BCUT2D eigenvalue weighted by Crippen LogP contribution is 2.32. The van der Waals surface area contributed by atoms with Gasteiger partial charge < -0.3 is 4.90 Å². The lowest BCUT2D eigenvalue weighted by molar-refractivity contribution is 0.242. The van der Waals surface area contributed by atoms with Gasteiger partial charge in [0.2, 0.25) is 0 Å². The summed E-state index contributed by atoms with van der Waals surface area (Å²) in [6.07, 6.45) is 5.05. The van der Waals surface area contributed by atoms with Crippen LogP contribution in [0.3, 0.4) is 0 Å². The van der Waals surface area contributed by atoms with E-state index in [2.05, 4.69) is 34.2 Å². The molecular formula is C14H17ClN2. The van der Waals surface area contributed by atoms with Gasteiger partial charge in [-0.15, -0.1) is 0 Å². The molecule has 1 aromatic rings. The Bertz CT molecular complexity index is 415. The number of benzene rings is 1. The zero-order valence-corrected chi connectivity index (χ0v) is 10.6. The van der Waals surface area contributed by atoms with Gasteiger partial charge in [0.1, 0.15) is 0 Å². The average Bonchev–Trinajstić information content (AvgIpc) is 2.68. The molecule has 1 aromatic carbocycles. The minimum absolute atomic E-state index is 0.444. The molecule has 1 fully saturated rings. The van der Waals surface area contributed by atoms with Crippen molar-refractivity contribution >= 4 is 16.9 Å². The number of nitrogens with zero attached hydrogens (tertiary/aromatic N) is 2. The highest BCUT2D eigenvalue weighted by molar-refractivity contribution is 6.64. The Hall–Kier alpha value is -1.02.